The van der Waals surface area contributed by atoms with Gasteiger partial charge in [-0.2, -0.15) is 0 Å². The van der Waals surface area contributed by atoms with E-state index < -0.39 is 0 Å². The van der Waals surface area contributed by atoms with Crippen LogP contribution in [-0.2, 0) is 10.7 Å². The second kappa shape index (κ2) is 7.54. The van der Waals surface area contributed by atoms with Gasteiger partial charge in [-0.15, -0.1) is 11.6 Å². The fraction of sp³-hybridized carbons (Fsp3) is 0.562. The van der Waals surface area contributed by atoms with Crippen molar-refractivity contribution in [2.24, 2.45) is 5.92 Å². The third-order valence-electron chi connectivity index (χ3n) is 3.84. The molecule has 1 saturated carbocycles. The van der Waals surface area contributed by atoms with E-state index >= 15 is 0 Å². The molecule has 1 aliphatic carbocycles. The van der Waals surface area contributed by atoms with Gasteiger partial charge in [0.25, 0.3) is 0 Å². The average molecular weight is 280 g/mol. The Morgan fingerprint density at radius 1 is 1.11 bits per heavy atom. The van der Waals surface area contributed by atoms with Crippen LogP contribution in [-0.4, -0.2) is 5.91 Å². The Morgan fingerprint density at radius 3 is 2.32 bits per heavy atom. The second-order valence-corrected chi connectivity index (χ2v) is 5.71. The molecule has 1 N–H and O–H groups in total. The molecule has 3 heteroatoms. The molecule has 0 unspecified atom stereocenters. The molecule has 0 bridgehead atoms. The van der Waals surface area contributed by atoms with Gasteiger partial charge in [-0.05, 0) is 36.5 Å². The predicted molar refractivity (Wildman–Crippen MR) is 80.4 cm³/mol. The van der Waals surface area contributed by atoms with Crippen LogP contribution in [0, 0.1) is 5.92 Å². The van der Waals surface area contributed by atoms with Crippen molar-refractivity contribution >= 4 is 23.2 Å². The number of anilines is 1. The third-order valence-corrected chi connectivity index (χ3v) is 4.15. The summed E-state index contributed by atoms with van der Waals surface area (Å²) in [4.78, 5) is 12.0. The summed E-state index contributed by atoms with van der Waals surface area (Å²) >= 11 is 5.74. The number of rotatable bonds is 4. The summed E-state index contributed by atoms with van der Waals surface area (Å²) in [5.74, 6) is 1.23. The zero-order valence-electron chi connectivity index (χ0n) is 11.3. The molecular weight excluding hydrogens is 258 g/mol. The molecule has 0 heterocycles. The standard InChI is InChI=1S/C16H22ClNO/c17-12-14-7-9-15(10-8-14)18-16(19)11-13-5-3-1-2-4-6-13/h7-10,13H,1-6,11-12H2,(H,18,19). The molecule has 1 aliphatic rings. The Labute approximate surface area is 120 Å². The number of halogens is 1. The average Bonchev–Trinajstić information content (AvgIpc) is 2.68. The van der Waals surface area contributed by atoms with Crippen molar-refractivity contribution in [2.75, 3.05) is 5.32 Å². The van der Waals surface area contributed by atoms with Crippen LogP contribution in [0.5, 0.6) is 0 Å². The minimum absolute atomic E-state index is 0.144. The first-order chi connectivity index (χ1) is 9.28. The van der Waals surface area contributed by atoms with Crippen molar-refractivity contribution in [3.8, 4) is 0 Å². The maximum Gasteiger partial charge on any atom is 0.224 e. The van der Waals surface area contributed by atoms with Gasteiger partial charge in [-0.3, -0.25) is 4.79 Å². The summed E-state index contributed by atoms with van der Waals surface area (Å²) < 4.78 is 0. The lowest BCUT2D eigenvalue weighted by molar-refractivity contribution is -0.117. The molecule has 0 radical (unpaired) electrons. The molecule has 0 spiro atoms. The molecule has 1 amide bonds. The lowest BCUT2D eigenvalue weighted by atomic mass is 9.96. The SMILES string of the molecule is O=C(CC1CCCCCC1)Nc1ccc(CCl)cc1. The van der Waals surface area contributed by atoms with Crippen LogP contribution < -0.4 is 5.32 Å². The normalized spacial score (nSPS) is 16.9. The lowest BCUT2D eigenvalue weighted by Gasteiger charge is -2.13. The number of amides is 1. The van der Waals surface area contributed by atoms with Gasteiger partial charge in [0.15, 0.2) is 0 Å². The highest BCUT2D eigenvalue weighted by atomic mass is 35.5. The highest BCUT2D eigenvalue weighted by Gasteiger charge is 2.16. The first kappa shape index (κ1) is 14.4. The molecule has 0 saturated heterocycles. The van der Waals surface area contributed by atoms with Gasteiger partial charge in [0.1, 0.15) is 0 Å². The minimum Gasteiger partial charge on any atom is -0.326 e. The molecule has 1 fully saturated rings. The zero-order chi connectivity index (χ0) is 13.5. The van der Waals surface area contributed by atoms with Crippen LogP contribution in [0.1, 0.15) is 50.5 Å². The molecule has 19 heavy (non-hydrogen) atoms. The van der Waals surface area contributed by atoms with E-state index in [1.165, 1.54) is 38.5 Å². The van der Waals surface area contributed by atoms with Crippen LogP contribution in [0.2, 0.25) is 0 Å². The highest BCUT2D eigenvalue weighted by Crippen LogP contribution is 2.25. The Morgan fingerprint density at radius 2 is 1.74 bits per heavy atom. The molecule has 2 rings (SSSR count). The maximum absolute atomic E-state index is 12.0. The van der Waals surface area contributed by atoms with Gasteiger partial charge < -0.3 is 5.32 Å². The number of alkyl halides is 1. The van der Waals surface area contributed by atoms with E-state index in [1.807, 2.05) is 24.3 Å². The number of carbonyl (C=O) groups excluding carboxylic acids is 1. The van der Waals surface area contributed by atoms with Gasteiger partial charge >= 0.3 is 0 Å². The van der Waals surface area contributed by atoms with Crippen LogP contribution in [0.15, 0.2) is 24.3 Å². The van der Waals surface area contributed by atoms with Crippen LogP contribution >= 0.6 is 11.6 Å². The van der Waals surface area contributed by atoms with Crippen LogP contribution in [0.3, 0.4) is 0 Å². The molecule has 0 aliphatic heterocycles. The van der Waals surface area contributed by atoms with E-state index in [9.17, 15) is 4.79 Å². The smallest absolute Gasteiger partial charge is 0.224 e. The summed E-state index contributed by atoms with van der Waals surface area (Å²) in [6.45, 7) is 0. The van der Waals surface area contributed by atoms with E-state index in [-0.39, 0.29) is 5.91 Å². The fourth-order valence-corrected chi connectivity index (χ4v) is 2.90. The molecule has 1 aromatic carbocycles. The predicted octanol–water partition coefficient (Wildman–Crippen LogP) is 4.72. The van der Waals surface area contributed by atoms with Crippen molar-refractivity contribution in [1.82, 2.24) is 0 Å². The van der Waals surface area contributed by atoms with E-state index in [0.717, 1.165) is 11.3 Å². The van der Waals surface area contributed by atoms with Crippen molar-refractivity contribution in [2.45, 2.75) is 50.8 Å². The van der Waals surface area contributed by atoms with Crippen LogP contribution in [0.4, 0.5) is 5.69 Å². The third kappa shape index (κ3) is 4.87. The quantitative estimate of drug-likeness (QED) is 0.627. The number of benzene rings is 1. The van der Waals surface area contributed by atoms with Crippen molar-refractivity contribution in [1.29, 1.82) is 0 Å². The van der Waals surface area contributed by atoms with Crippen LogP contribution in [0.25, 0.3) is 0 Å². The summed E-state index contributed by atoms with van der Waals surface area (Å²) in [6, 6.07) is 7.74. The van der Waals surface area contributed by atoms with Crippen molar-refractivity contribution in [3.05, 3.63) is 29.8 Å². The van der Waals surface area contributed by atoms with Gasteiger partial charge in [0.05, 0.1) is 0 Å². The zero-order valence-corrected chi connectivity index (χ0v) is 12.1. The Hall–Kier alpha value is -1.02. The number of nitrogens with one attached hydrogen (secondary N) is 1. The number of hydrogen-bond donors (Lipinski definition) is 1. The van der Waals surface area contributed by atoms with E-state index in [0.29, 0.717) is 18.2 Å². The van der Waals surface area contributed by atoms with Gasteiger partial charge in [-0.1, -0.05) is 37.8 Å². The summed E-state index contributed by atoms with van der Waals surface area (Å²) in [5.41, 5.74) is 1.94. The molecule has 104 valence electrons. The largest absolute Gasteiger partial charge is 0.326 e. The fourth-order valence-electron chi connectivity index (χ4n) is 2.72. The first-order valence-corrected chi connectivity index (χ1v) is 7.76. The second-order valence-electron chi connectivity index (χ2n) is 5.44. The molecule has 0 aromatic heterocycles. The molecule has 0 atom stereocenters. The van der Waals surface area contributed by atoms with E-state index in [2.05, 4.69) is 5.32 Å². The minimum atomic E-state index is 0.144. The summed E-state index contributed by atoms with van der Waals surface area (Å²) in [5, 5.41) is 2.98. The van der Waals surface area contributed by atoms with Crippen molar-refractivity contribution in [3.63, 3.8) is 0 Å². The molecular formula is C16H22ClNO. The first-order valence-electron chi connectivity index (χ1n) is 7.22. The summed E-state index contributed by atoms with van der Waals surface area (Å²) in [7, 11) is 0. The van der Waals surface area contributed by atoms with Gasteiger partial charge in [-0.25, -0.2) is 0 Å². The van der Waals surface area contributed by atoms with Crippen molar-refractivity contribution < 1.29 is 4.79 Å². The van der Waals surface area contributed by atoms with E-state index in [4.69, 9.17) is 11.6 Å². The maximum atomic E-state index is 12.0. The van der Waals surface area contributed by atoms with Gasteiger partial charge in [0, 0.05) is 18.0 Å². The topological polar surface area (TPSA) is 29.1 Å². The lowest BCUT2D eigenvalue weighted by Crippen LogP contribution is -2.16. The molecule has 1 aromatic rings. The number of hydrogen-bond acceptors (Lipinski definition) is 1. The Kier molecular flexibility index (Phi) is 5.71. The monoisotopic (exact) mass is 279 g/mol. The number of carbonyl (C=O) groups is 1. The van der Waals surface area contributed by atoms with E-state index in [1.54, 1.807) is 0 Å². The Balaban J connectivity index is 1.82. The summed E-state index contributed by atoms with van der Waals surface area (Å²) in [6.07, 6.45) is 8.30. The van der Waals surface area contributed by atoms with Gasteiger partial charge in [0.2, 0.25) is 5.91 Å². The Bertz CT molecular complexity index is 394. The molecule has 2 nitrogen and oxygen atoms in total. The highest BCUT2D eigenvalue weighted by molar-refractivity contribution is 6.17.